The molecule has 1 heteroatoms. The maximum absolute atomic E-state index is 5.31. The lowest BCUT2D eigenvalue weighted by Crippen LogP contribution is -2.36. The Morgan fingerprint density at radius 2 is 2.00 bits per heavy atom. The van der Waals surface area contributed by atoms with E-state index < -0.39 is 0 Å². The van der Waals surface area contributed by atoms with Gasteiger partial charge in [-0.15, -0.1) is 6.42 Å². The molecular formula is C20H33N. The average molecular weight is 287 g/mol. The molecule has 1 fully saturated rings. The van der Waals surface area contributed by atoms with Crippen molar-refractivity contribution in [2.75, 3.05) is 20.1 Å². The van der Waals surface area contributed by atoms with Crippen molar-refractivity contribution in [1.29, 1.82) is 0 Å². The Kier molecular flexibility index (Phi) is 7.83. The number of nitrogens with zero attached hydrogens (tertiary/aromatic N) is 1. The number of rotatable bonds is 7. The van der Waals surface area contributed by atoms with E-state index in [1.807, 2.05) is 6.08 Å². The first-order chi connectivity index (χ1) is 9.95. The molecule has 118 valence electrons. The molecule has 0 aromatic heterocycles. The molecule has 21 heavy (non-hydrogen) atoms. The van der Waals surface area contributed by atoms with Crippen LogP contribution in [0.2, 0.25) is 0 Å². The van der Waals surface area contributed by atoms with Crippen LogP contribution in [0, 0.1) is 23.7 Å². The van der Waals surface area contributed by atoms with Crippen molar-refractivity contribution in [3.63, 3.8) is 0 Å². The Morgan fingerprint density at radius 3 is 2.57 bits per heavy atom. The SMILES string of the molecule is C#C/C=C\C=C(/CCCC(C)C)CC1(C)CCN(C)CC1. The summed E-state index contributed by atoms with van der Waals surface area (Å²) in [6.07, 6.45) is 19.1. The summed E-state index contributed by atoms with van der Waals surface area (Å²) in [5.41, 5.74) is 2.05. The van der Waals surface area contributed by atoms with Gasteiger partial charge >= 0.3 is 0 Å². The lowest BCUT2D eigenvalue weighted by molar-refractivity contribution is 0.138. The molecule has 0 aromatic rings. The van der Waals surface area contributed by atoms with E-state index in [4.69, 9.17) is 6.42 Å². The fourth-order valence-corrected chi connectivity index (χ4v) is 3.09. The van der Waals surface area contributed by atoms with E-state index in [9.17, 15) is 0 Å². The molecule has 0 aliphatic carbocycles. The van der Waals surface area contributed by atoms with Crippen molar-refractivity contribution in [1.82, 2.24) is 4.90 Å². The van der Waals surface area contributed by atoms with Gasteiger partial charge in [0.1, 0.15) is 0 Å². The van der Waals surface area contributed by atoms with Crippen molar-refractivity contribution in [3.8, 4) is 12.3 Å². The molecule has 0 amide bonds. The van der Waals surface area contributed by atoms with E-state index in [-0.39, 0.29) is 0 Å². The second-order valence-corrected chi connectivity index (χ2v) is 7.43. The second-order valence-electron chi connectivity index (χ2n) is 7.43. The molecule has 1 aliphatic rings. The number of hydrogen-bond donors (Lipinski definition) is 0. The highest BCUT2D eigenvalue weighted by atomic mass is 15.1. The number of piperidine rings is 1. The number of allylic oxidation sites excluding steroid dienone is 4. The highest BCUT2D eigenvalue weighted by Crippen LogP contribution is 2.38. The zero-order chi connectivity index (χ0) is 15.7. The lowest BCUT2D eigenvalue weighted by atomic mass is 9.74. The summed E-state index contributed by atoms with van der Waals surface area (Å²) in [6, 6.07) is 0. The third-order valence-electron chi connectivity index (χ3n) is 4.65. The fraction of sp³-hybridized carbons (Fsp3) is 0.700. The molecule has 0 aromatic carbocycles. The molecule has 1 aliphatic heterocycles. The van der Waals surface area contributed by atoms with Crippen LogP contribution in [0.3, 0.4) is 0 Å². The van der Waals surface area contributed by atoms with Crippen LogP contribution in [0.25, 0.3) is 0 Å². The first-order valence-corrected chi connectivity index (χ1v) is 8.44. The smallest absolute Gasteiger partial charge is 0.00165 e. The molecule has 0 radical (unpaired) electrons. The monoisotopic (exact) mass is 287 g/mol. The first kappa shape index (κ1) is 18.1. The maximum Gasteiger partial charge on any atom is -0.00165 e. The van der Waals surface area contributed by atoms with Gasteiger partial charge in [0.05, 0.1) is 0 Å². The van der Waals surface area contributed by atoms with Crippen molar-refractivity contribution in [2.45, 2.75) is 59.3 Å². The molecule has 1 nitrogen and oxygen atoms in total. The maximum atomic E-state index is 5.31. The van der Waals surface area contributed by atoms with Crippen molar-refractivity contribution in [2.24, 2.45) is 11.3 Å². The van der Waals surface area contributed by atoms with E-state index >= 15 is 0 Å². The number of likely N-dealkylation sites (tertiary alicyclic amines) is 1. The minimum Gasteiger partial charge on any atom is -0.306 e. The van der Waals surface area contributed by atoms with Crippen LogP contribution in [-0.4, -0.2) is 25.0 Å². The van der Waals surface area contributed by atoms with E-state index in [2.05, 4.69) is 44.7 Å². The van der Waals surface area contributed by atoms with Gasteiger partial charge < -0.3 is 4.90 Å². The highest BCUT2D eigenvalue weighted by molar-refractivity contribution is 5.20. The van der Waals surface area contributed by atoms with Crippen LogP contribution >= 0.6 is 0 Å². The molecule has 0 spiro atoms. The van der Waals surface area contributed by atoms with E-state index in [0.29, 0.717) is 5.41 Å². The molecule has 0 N–H and O–H groups in total. The van der Waals surface area contributed by atoms with Gasteiger partial charge in [-0.2, -0.15) is 0 Å². The Bertz CT molecular complexity index is 387. The van der Waals surface area contributed by atoms with Crippen LogP contribution in [0.5, 0.6) is 0 Å². The fourth-order valence-electron chi connectivity index (χ4n) is 3.09. The van der Waals surface area contributed by atoms with Crippen LogP contribution in [0.15, 0.2) is 23.8 Å². The second kappa shape index (κ2) is 9.11. The van der Waals surface area contributed by atoms with Gasteiger partial charge in [-0.05, 0) is 69.7 Å². The van der Waals surface area contributed by atoms with Crippen LogP contribution < -0.4 is 0 Å². The molecule has 1 heterocycles. The Balaban J connectivity index is 2.61. The summed E-state index contributed by atoms with van der Waals surface area (Å²) in [5, 5.41) is 0. The van der Waals surface area contributed by atoms with Gasteiger partial charge in [0, 0.05) is 0 Å². The van der Waals surface area contributed by atoms with Gasteiger partial charge in [-0.3, -0.25) is 0 Å². The zero-order valence-corrected chi connectivity index (χ0v) is 14.5. The predicted octanol–water partition coefficient (Wildman–Crippen LogP) is 5.05. The van der Waals surface area contributed by atoms with E-state index in [1.54, 1.807) is 11.6 Å². The van der Waals surface area contributed by atoms with Gasteiger partial charge in [0.25, 0.3) is 0 Å². The van der Waals surface area contributed by atoms with Crippen molar-refractivity contribution in [3.05, 3.63) is 23.8 Å². The third kappa shape index (κ3) is 7.53. The van der Waals surface area contributed by atoms with Gasteiger partial charge in [-0.25, -0.2) is 0 Å². The summed E-state index contributed by atoms with van der Waals surface area (Å²) in [6.45, 7) is 9.53. The quantitative estimate of drug-likeness (QED) is 0.468. The molecule has 0 saturated carbocycles. The summed E-state index contributed by atoms with van der Waals surface area (Å²) >= 11 is 0. The molecule has 1 saturated heterocycles. The molecule has 0 bridgehead atoms. The molecule has 1 rings (SSSR count). The van der Waals surface area contributed by atoms with Crippen LogP contribution in [0.4, 0.5) is 0 Å². The average Bonchev–Trinajstić information content (AvgIpc) is 2.42. The Hall–Kier alpha value is -1.00. The number of hydrogen-bond acceptors (Lipinski definition) is 1. The van der Waals surface area contributed by atoms with Crippen molar-refractivity contribution >= 4 is 0 Å². The Labute approximate surface area is 132 Å². The van der Waals surface area contributed by atoms with Gasteiger partial charge in [-0.1, -0.05) is 50.8 Å². The summed E-state index contributed by atoms with van der Waals surface area (Å²) in [4.78, 5) is 2.45. The minimum absolute atomic E-state index is 0.472. The van der Waals surface area contributed by atoms with E-state index in [0.717, 1.165) is 5.92 Å². The van der Waals surface area contributed by atoms with Crippen LogP contribution in [-0.2, 0) is 0 Å². The molecular weight excluding hydrogens is 254 g/mol. The topological polar surface area (TPSA) is 3.24 Å². The minimum atomic E-state index is 0.472. The normalized spacial score (nSPS) is 20.1. The van der Waals surface area contributed by atoms with Crippen molar-refractivity contribution < 1.29 is 0 Å². The van der Waals surface area contributed by atoms with Gasteiger partial charge in [0.15, 0.2) is 0 Å². The summed E-state index contributed by atoms with van der Waals surface area (Å²) < 4.78 is 0. The number of terminal acetylenes is 1. The van der Waals surface area contributed by atoms with Crippen LogP contribution in [0.1, 0.15) is 59.3 Å². The molecule has 0 unspecified atom stereocenters. The summed E-state index contributed by atoms with van der Waals surface area (Å²) in [5.74, 6) is 3.38. The third-order valence-corrected chi connectivity index (χ3v) is 4.65. The highest BCUT2D eigenvalue weighted by Gasteiger charge is 2.29. The first-order valence-electron chi connectivity index (χ1n) is 8.44. The standard InChI is InChI=1S/C20H33N/c1-6-7-8-11-19(12-9-10-18(2)3)17-20(4)13-15-21(5)16-14-20/h1,7-8,11,18H,9-10,12-17H2,2-5H3/b8-7-,19-11+. The Morgan fingerprint density at radius 1 is 1.33 bits per heavy atom. The predicted molar refractivity (Wildman–Crippen MR) is 94.2 cm³/mol. The molecule has 0 atom stereocenters. The zero-order valence-electron chi connectivity index (χ0n) is 14.5. The largest absolute Gasteiger partial charge is 0.306 e. The van der Waals surface area contributed by atoms with Gasteiger partial charge in [0.2, 0.25) is 0 Å². The lowest BCUT2D eigenvalue weighted by Gasteiger charge is -2.38. The van der Waals surface area contributed by atoms with E-state index in [1.165, 1.54) is 51.6 Å². The summed E-state index contributed by atoms with van der Waals surface area (Å²) in [7, 11) is 2.23.